The molecule has 1 saturated heterocycles. The van der Waals surface area contributed by atoms with Crippen LogP contribution >= 0.6 is 0 Å². The highest BCUT2D eigenvalue weighted by atomic mass is 16.6. The highest BCUT2D eigenvalue weighted by Gasteiger charge is 2.52. The van der Waals surface area contributed by atoms with Crippen LogP contribution in [0.2, 0.25) is 0 Å². The van der Waals surface area contributed by atoms with E-state index in [9.17, 15) is 29.9 Å². The van der Waals surface area contributed by atoms with Crippen molar-refractivity contribution in [2.75, 3.05) is 71.9 Å². The predicted octanol–water partition coefficient (Wildman–Crippen LogP) is 4.04. The topological polar surface area (TPSA) is 140 Å². The Labute approximate surface area is 263 Å². The molecule has 12 heteroatoms. The Morgan fingerprint density at radius 1 is 0.956 bits per heavy atom. The Morgan fingerprint density at radius 2 is 1.58 bits per heavy atom. The first kappa shape index (κ1) is 33.5. The number of non-ortho nitro benzene ring substituents is 1. The number of anilines is 1. The van der Waals surface area contributed by atoms with Gasteiger partial charge in [-0.15, -0.1) is 0 Å². The van der Waals surface area contributed by atoms with Crippen LogP contribution in [0, 0.1) is 10.1 Å². The molecule has 0 amide bonds. The second kappa shape index (κ2) is 14.1. The fourth-order valence-corrected chi connectivity index (χ4v) is 6.79. The average molecular weight is 622 g/mol. The number of benzene rings is 2. The Kier molecular flexibility index (Phi) is 10.5. The van der Waals surface area contributed by atoms with E-state index < -0.39 is 22.3 Å². The van der Waals surface area contributed by atoms with E-state index in [2.05, 4.69) is 15.9 Å². The molecule has 2 heterocycles. The van der Waals surface area contributed by atoms with Crippen molar-refractivity contribution >= 4 is 23.3 Å². The zero-order valence-corrected chi connectivity index (χ0v) is 26.7. The van der Waals surface area contributed by atoms with Gasteiger partial charge in [-0.3, -0.25) is 15.0 Å². The van der Waals surface area contributed by atoms with Gasteiger partial charge in [0.1, 0.15) is 5.75 Å². The van der Waals surface area contributed by atoms with Crippen molar-refractivity contribution in [2.24, 2.45) is 0 Å². The summed E-state index contributed by atoms with van der Waals surface area (Å²) < 4.78 is 5.53. The number of para-hydroxylation sites is 2. The third-order valence-corrected chi connectivity index (χ3v) is 8.95. The third kappa shape index (κ3) is 6.81. The summed E-state index contributed by atoms with van der Waals surface area (Å²) in [5.74, 6) is -1.65. The first-order valence-electron chi connectivity index (χ1n) is 15.1. The van der Waals surface area contributed by atoms with Gasteiger partial charge in [-0.2, -0.15) is 0 Å². The zero-order valence-electron chi connectivity index (χ0n) is 26.7. The van der Waals surface area contributed by atoms with Gasteiger partial charge in [-0.1, -0.05) is 24.3 Å². The maximum absolute atomic E-state index is 13.1. The summed E-state index contributed by atoms with van der Waals surface area (Å²) in [7, 11) is 5.31. The van der Waals surface area contributed by atoms with E-state index >= 15 is 0 Å². The van der Waals surface area contributed by atoms with E-state index in [1.165, 1.54) is 18.2 Å². The number of methoxy groups -OCH3 is 1. The number of nitro benzene ring substituents is 1. The Bertz CT molecular complexity index is 1460. The highest BCUT2D eigenvalue weighted by Crippen LogP contribution is 2.50. The standard InChI is InChI=1S/C33H43N5O7/c1-23-29(31(39)40)33(14-17-34(3)4,25-10-8-11-26(22-25)38(43)44)30(32(41)42)24(2)37(23)16-9-15-35-18-20-36(21-19-35)27-12-6-7-13-28(27)45-5/h6-8,10-13,22H,9,14-21H2,1-5H3,(H,39,40)(H,41,42). The number of aliphatic carboxylic acids is 2. The van der Waals surface area contributed by atoms with E-state index in [0.29, 0.717) is 30.9 Å². The number of piperazine rings is 1. The van der Waals surface area contributed by atoms with E-state index in [0.717, 1.165) is 44.2 Å². The van der Waals surface area contributed by atoms with Crippen molar-refractivity contribution < 1.29 is 29.5 Å². The van der Waals surface area contributed by atoms with E-state index in [1.807, 2.05) is 37.2 Å². The molecule has 45 heavy (non-hydrogen) atoms. The molecule has 12 nitrogen and oxygen atoms in total. The van der Waals surface area contributed by atoms with E-state index in [1.54, 1.807) is 31.9 Å². The fraction of sp³-hybridized carbons (Fsp3) is 0.455. The number of nitrogens with zero attached hydrogens (tertiary/aromatic N) is 5. The number of carboxylic acids is 2. The lowest BCUT2D eigenvalue weighted by Crippen LogP contribution is -2.48. The molecule has 2 aliphatic heterocycles. The van der Waals surface area contributed by atoms with Crippen molar-refractivity contribution in [2.45, 2.75) is 32.1 Å². The van der Waals surface area contributed by atoms with E-state index in [-0.39, 0.29) is 28.8 Å². The second-order valence-corrected chi connectivity index (χ2v) is 11.8. The number of hydrogen-bond donors (Lipinski definition) is 2. The molecule has 0 saturated carbocycles. The largest absolute Gasteiger partial charge is 0.495 e. The van der Waals surface area contributed by atoms with Gasteiger partial charge in [0.15, 0.2) is 0 Å². The molecule has 0 unspecified atom stereocenters. The van der Waals surface area contributed by atoms with Crippen molar-refractivity contribution in [3.8, 4) is 5.75 Å². The number of nitro groups is 1. The van der Waals surface area contributed by atoms with Crippen LogP contribution in [0.1, 0.15) is 32.3 Å². The van der Waals surface area contributed by atoms with Crippen LogP contribution in [0.5, 0.6) is 5.75 Å². The van der Waals surface area contributed by atoms with Gasteiger partial charge >= 0.3 is 11.9 Å². The summed E-state index contributed by atoms with van der Waals surface area (Å²) in [5, 5.41) is 33.0. The molecule has 4 rings (SSSR count). The lowest BCUT2D eigenvalue weighted by molar-refractivity contribution is -0.385. The fourth-order valence-electron chi connectivity index (χ4n) is 6.79. The monoisotopic (exact) mass is 621 g/mol. The van der Waals surface area contributed by atoms with Crippen LogP contribution in [-0.2, 0) is 15.0 Å². The van der Waals surface area contributed by atoms with Crippen LogP contribution in [0.15, 0.2) is 71.1 Å². The molecular formula is C33H43N5O7. The molecule has 0 aliphatic carbocycles. The quantitative estimate of drug-likeness (QED) is 0.247. The molecule has 0 aromatic heterocycles. The van der Waals surface area contributed by atoms with Crippen LogP contribution in [-0.4, -0.2) is 109 Å². The van der Waals surface area contributed by atoms with Gasteiger partial charge in [0.05, 0.1) is 34.3 Å². The molecule has 2 aromatic carbocycles. The van der Waals surface area contributed by atoms with Gasteiger partial charge in [0, 0.05) is 56.3 Å². The first-order valence-corrected chi connectivity index (χ1v) is 15.1. The van der Waals surface area contributed by atoms with Crippen LogP contribution < -0.4 is 9.64 Å². The van der Waals surface area contributed by atoms with Gasteiger partial charge in [-0.25, -0.2) is 9.59 Å². The molecular weight excluding hydrogens is 578 g/mol. The minimum atomic E-state index is -1.60. The average Bonchev–Trinajstić information content (AvgIpc) is 3.01. The molecule has 2 aromatic rings. The highest BCUT2D eigenvalue weighted by molar-refractivity contribution is 6.00. The lowest BCUT2D eigenvalue weighted by atomic mass is 9.63. The molecule has 1 fully saturated rings. The summed E-state index contributed by atoms with van der Waals surface area (Å²) in [4.78, 5) is 45.6. The summed E-state index contributed by atoms with van der Waals surface area (Å²) >= 11 is 0. The number of allylic oxidation sites excluding steroid dienone is 2. The Morgan fingerprint density at radius 3 is 2.13 bits per heavy atom. The van der Waals surface area contributed by atoms with Gasteiger partial charge in [-0.05, 0) is 71.6 Å². The van der Waals surface area contributed by atoms with Gasteiger partial charge < -0.3 is 29.6 Å². The number of carboxylic acid groups (broad SMARTS) is 2. The Balaban J connectivity index is 1.62. The summed E-state index contributed by atoms with van der Waals surface area (Å²) in [5.41, 5.74) is 0.254. The Hall–Kier alpha value is -4.42. The number of carbonyl (C=O) groups is 2. The number of hydrogen-bond acceptors (Lipinski definition) is 9. The van der Waals surface area contributed by atoms with E-state index in [4.69, 9.17) is 4.74 Å². The molecule has 242 valence electrons. The van der Waals surface area contributed by atoms with Crippen LogP contribution in [0.4, 0.5) is 11.4 Å². The predicted molar refractivity (Wildman–Crippen MR) is 172 cm³/mol. The summed E-state index contributed by atoms with van der Waals surface area (Å²) in [6.45, 7) is 8.34. The van der Waals surface area contributed by atoms with Gasteiger partial charge in [0.25, 0.3) is 5.69 Å². The number of rotatable bonds is 13. The molecule has 0 atom stereocenters. The van der Waals surface area contributed by atoms with Crippen molar-refractivity contribution in [3.05, 3.63) is 86.7 Å². The normalized spacial score (nSPS) is 17.2. The molecule has 0 bridgehead atoms. The third-order valence-electron chi connectivity index (χ3n) is 8.95. The lowest BCUT2D eigenvalue weighted by Gasteiger charge is -2.45. The second-order valence-electron chi connectivity index (χ2n) is 11.8. The minimum absolute atomic E-state index is 0.0710. The summed E-state index contributed by atoms with van der Waals surface area (Å²) in [6.07, 6.45) is 0.800. The molecule has 2 aliphatic rings. The first-order chi connectivity index (χ1) is 21.4. The maximum atomic E-state index is 13.1. The van der Waals surface area contributed by atoms with Crippen molar-refractivity contribution in [1.29, 1.82) is 0 Å². The number of ether oxygens (including phenoxy) is 1. The smallest absolute Gasteiger partial charge is 0.334 e. The minimum Gasteiger partial charge on any atom is -0.495 e. The van der Waals surface area contributed by atoms with Crippen molar-refractivity contribution in [1.82, 2.24) is 14.7 Å². The summed E-state index contributed by atoms with van der Waals surface area (Å²) in [6, 6.07) is 13.7. The van der Waals surface area contributed by atoms with Gasteiger partial charge in [0.2, 0.25) is 0 Å². The SMILES string of the molecule is COc1ccccc1N1CCN(CCCN2C(C)=C(C(=O)O)C(CCN(C)C)(c3cccc([N+](=O)[O-])c3)C(C(=O)O)=C2C)CC1. The molecule has 0 spiro atoms. The molecule has 2 N–H and O–H groups in total. The molecule has 0 radical (unpaired) electrons. The van der Waals surface area contributed by atoms with Crippen molar-refractivity contribution in [3.63, 3.8) is 0 Å². The van der Waals surface area contributed by atoms with Crippen LogP contribution in [0.3, 0.4) is 0 Å². The maximum Gasteiger partial charge on any atom is 0.334 e. The van der Waals surface area contributed by atoms with Crippen LogP contribution in [0.25, 0.3) is 0 Å². The zero-order chi connectivity index (χ0) is 32.9.